The van der Waals surface area contributed by atoms with Crippen molar-refractivity contribution in [2.45, 2.75) is 13.1 Å². The minimum atomic E-state index is -4.35. The summed E-state index contributed by atoms with van der Waals surface area (Å²) in [6, 6.07) is 11.5. The minimum absolute atomic E-state index is 0.172. The molecule has 3 N–H and O–H groups in total. The van der Waals surface area contributed by atoms with E-state index in [9.17, 15) is 18.3 Å². The van der Waals surface area contributed by atoms with Gasteiger partial charge < -0.3 is 10.4 Å². The van der Waals surface area contributed by atoms with E-state index in [2.05, 4.69) is 15.5 Å². The number of benzene rings is 2. The van der Waals surface area contributed by atoms with E-state index >= 15 is 0 Å². The third-order valence-corrected chi connectivity index (χ3v) is 3.57. The summed E-state index contributed by atoms with van der Waals surface area (Å²) in [6.45, 7) is 1.84. The highest BCUT2D eigenvalue weighted by molar-refractivity contribution is 5.67. The smallest absolute Gasteiger partial charge is 0.416 e. The number of halogens is 3. The lowest BCUT2D eigenvalue weighted by molar-refractivity contribution is -0.137. The molecule has 0 atom stereocenters. The van der Waals surface area contributed by atoms with E-state index in [1.807, 2.05) is 6.92 Å². The van der Waals surface area contributed by atoms with Crippen LogP contribution in [0, 0.1) is 6.92 Å². The second-order valence-corrected chi connectivity index (χ2v) is 5.37. The predicted molar refractivity (Wildman–Crippen MR) is 85.2 cm³/mol. The molecular weight excluding hydrogens is 319 g/mol. The van der Waals surface area contributed by atoms with Gasteiger partial charge in [0.15, 0.2) is 5.82 Å². The predicted octanol–water partition coefficient (Wildman–Crippen LogP) is 4.85. The number of H-pyrrole nitrogens is 1. The molecule has 0 radical (unpaired) electrons. The summed E-state index contributed by atoms with van der Waals surface area (Å²) >= 11 is 0. The number of hydrogen-bond acceptors (Lipinski definition) is 3. The summed E-state index contributed by atoms with van der Waals surface area (Å²) in [5, 5.41) is 19.4. The van der Waals surface area contributed by atoms with E-state index in [0.29, 0.717) is 17.1 Å². The van der Waals surface area contributed by atoms with Crippen LogP contribution < -0.4 is 5.32 Å². The molecule has 4 nitrogen and oxygen atoms in total. The number of anilines is 2. The Labute approximate surface area is 136 Å². The summed E-state index contributed by atoms with van der Waals surface area (Å²) in [6.07, 6.45) is -4.35. The van der Waals surface area contributed by atoms with Gasteiger partial charge in [-0.3, -0.25) is 5.10 Å². The van der Waals surface area contributed by atoms with E-state index in [0.717, 1.165) is 23.4 Å². The van der Waals surface area contributed by atoms with Gasteiger partial charge in [-0.2, -0.15) is 18.3 Å². The third kappa shape index (κ3) is 3.34. The Morgan fingerprint density at radius 1 is 1.04 bits per heavy atom. The SMILES string of the molecule is Cc1cc(O)ccc1Nc1cc(-c2ccc(C(F)(F)F)cc2)[nH]n1. The molecule has 0 aliphatic rings. The molecule has 0 bridgehead atoms. The lowest BCUT2D eigenvalue weighted by Gasteiger charge is -2.07. The fourth-order valence-electron chi connectivity index (χ4n) is 2.30. The molecule has 1 aromatic heterocycles. The van der Waals surface area contributed by atoms with Gasteiger partial charge in [0.25, 0.3) is 0 Å². The third-order valence-electron chi connectivity index (χ3n) is 3.57. The van der Waals surface area contributed by atoms with Crippen LogP contribution >= 0.6 is 0 Å². The number of rotatable bonds is 3. The molecule has 0 amide bonds. The van der Waals surface area contributed by atoms with Crippen LogP contribution in [0.15, 0.2) is 48.5 Å². The largest absolute Gasteiger partial charge is 0.508 e. The second kappa shape index (κ2) is 5.92. The normalized spacial score (nSPS) is 11.5. The molecule has 7 heteroatoms. The number of alkyl halides is 3. The van der Waals surface area contributed by atoms with Crippen LogP contribution in [0.2, 0.25) is 0 Å². The fraction of sp³-hybridized carbons (Fsp3) is 0.118. The molecule has 2 aromatic carbocycles. The molecule has 24 heavy (non-hydrogen) atoms. The van der Waals surface area contributed by atoms with Gasteiger partial charge in [-0.1, -0.05) is 12.1 Å². The van der Waals surface area contributed by atoms with Gasteiger partial charge in [-0.15, -0.1) is 0 Å². The molecule has 3 aromatic rings. The maximum Gasteiger partial charge on any atom is 0.416 e. The van der Waals surface area contributed by atoms with Crippen LogP contribution in [0.4, 0.5) is 24.7 Å². The summed E-state index contributed by atoms with van der Waals surface area (Å²) in [7, 11) is 0. The van der Waals surface area contributed by atoms with Crippen molar-refractivity contribution in [1.29, 1.82) is 0 Å². The number of phenolic OH excluding ortho intramolecular Hbond substituents is 1. The first-order chi connectivity index (χ1) is 11.3. The number of phenols is 1. The van der Waals surface area contributed by atoms with Gasteiger partial charge >= 0.3 is 6.18 Å². The molecule has 1 heterocycles. The van der Waals surface area contributed by atoms with Crippen molar-refractivity contribution in [3.8, 4) is 17.0 Å². The molecule has 0 fully saturated rings. The zero-order valence-corrected chi connectivity index (χ0v) is 12.6. The van der Waals surface area contributed by atoms with Gasteiger partial charge in [0.2, 0.25) is 0 Å². The minimum Gasteiger partial charge on any atom is -0.508 e. The van der Waals surface area contributed by atoms with Crippen LogP contribution in [-0.2, 0) is 6.18 Å². The van der Waals surface area contributed by atoms with Crippen molar-refractivity contribution in [2.24, 2.45) is 0 Å². The number of aromatic nitrogens is 2. The van der Waals surface area contributed by atoms with Crippen LogP contribution in [-0.4, -0.2) is 15.3 Å². The zero-order chi connectivity index (χ0) is 17.3. The summed E-state index contributed by atoms with van der Waals surface area (Å²) < 4.78 is 37.8. The van der Waals surface area contributed by atoms with Gasteiger partial charge in [-0.05, 0) is 48.4 Å². The van der Waals surface area contributed by atoms with Gasteiger partial charge in [0.1, 0.15) is 5.75 Å². The van der Waals surface area contributed by atoms with Crippen LogP contribution in [0.25, 0.3) is 11.3 Å². The highest BCUT2D eigenvalue weighted by atomic mass is 19.4. The maximum atomic E-state index is 12.6. The van der Waals surface area contributed by atoms with E-state index in [1.165, 1.54) is 12.1 Å². The summed E-state index contributed by atoms with van der Waals surface area (Å²) in [4.78, 5) is 0. The average Bonchev–Trinajstić information content (AvgIpc) is 2.98. The summed E-state index contributed by atoms with van der Waals surface area (Å²) in [5.41, 5.74) is 2.13. The standard InChI is InChI=1S/C17H14F3N3O/c1-10-8-13(24)6-7-14(10)21-16-9-15(22-23-16)11-2-4-12(5-3-11)17(18,19)20/h2-9,24H,1H3,(H2,21,22,23). The van der Waals surface area contributed by atoms with Crippen molar-refractivity contribution < 1.29 is 18.3 Å². The lowest BCUT2D eigenvalue weighted by Crippen LogP contribution is -2.03. The highest BCUT2D eigenvalue weighted by Crippen LogP contribution is 2.31. The molecule has 0 spiro atoms. The van der Waals surface area contributed by atoms with Crippen molar-refractivity contribution in [3.63, 3.8) is 0 Å². The van der Waals surface area contributed by atoms with Crippen molar-refractivity contribution in [2.75, 3.05) is 5.32 Å². The highest BCUT2D eigenvalue weighted by Gasteiger charge is 2.30. The number of nitrogens with zero attached hydrogens (tertiary/aromatic N) is 1. The van der Waals surface area contributed by atoms with Crippen molar-refractivity contribution in [1.82, 2.24) is 10.2 Å². The number of aromatic hydroxyl groups is 1. The van der Waals surface area contributed by atoms with Gasteiger partial charge in [-0.25, -0.2) is 0 Å². The molecule has 0 saturated carbocycles. The van der Waals surface area contributed by atoms with Crippen LogP contribution in [0.3, 0.4) is 0 Å². The fourth-order valence-corrected chi connectivity index (χ4v) is 2.30. The Morgan fingerprint density at radius 3 is 2.38 bits per heavy atom. The Kier molecular flexibility index (Phi) is 3.92. The van der Waals surface area contributed by atoms with E-state index in [1.54, 1.807) is 24.3 Å². The van der Waals surface area contributed by atoms with Crippen LogP contribution in [0.5, 0.6) is 5.75 Å². The molecule has 0 aliphatic carbocycles. The molecular formula is C17H14F3N3O. The Morgan fingerprint density at radius 2 is 1.75 bits per heavy atom. The monoisotopic (exact) mass is 333 g/mol. The Balaban J connectivity index is 1.80. The van der Waals surface area contributed by atoms with Crippen molar-refractivity contribution in [3.05, 3.63) is 59.7 Å². The average molecular weight is 333 g/mol. The number of aryl methyl sites for hydroxylation is 1. The maximum absolute atomic E-state index is 12.6. The first-order valence-electron chi connectivity index (χ1n) is 7.12. The zero-order valence-electron chi connectivity index (χ0n) is 12.6. The van der Waals surface area contributed by atoms with Gasteiger partial charge in [0.05, 0.1) is 11.3 Å². The Hall–Kier alpha value is -2.96. The van der Waals surface area contributed by atoms with E-state index < -0.39 is 11.7 Å². The topological polar surface area (TPSA) is 60.9 Å². The second-order valence-electron chi connectivity index (χ2n) is 5.37. The summed E-state index contributed by atoms with van der Waals surface area (Å²) in [5.74, 6) is 0.698. The number of hydrogen-bond donors (Lipinski definition) is 3. The van der Waals surface area contributed by atoms with E-state index in [4.69, 9.17) is 0 Å². The van der Waals surface area contributed by atoms with E-state index in [-0.39, 0.29) is 5.75 Å². The quantitative estimate of drug-likeness (QED) is 0.600. The lowest BCUT2D eigenvalue weighted by atomic mass is 10.1. The first kappa shape index (κ1) is 15.9. The number of aromatic amines is 1. The molecule has 0 unspecified atom stereocenters. The van der Waals surface area contributed by atoms with Gasteiger partial charge in [0, 0.05) is 11.8 Å². The molecule has 0 saturated heterocycles. The first-order valence-corrected chi connectivity index (χ1v) is 7.12. The van der Waals surface area contributed by atoms with Crippen LogP contribution in [0.1, 0.15) is 11.1 Å². The van der Waals surface area contributed by atoms with Crippen molar-refractivity contribution >= 4 is 11.5 Å². The molecule has 0 aliphatic heterocycles. The number of nitrogens with one attached hydrogen (secondary N) is 2. The molecule has 3 rings (SSSR count). The Bertz CT molecular complexity index is 854. The molecule has 124 valence electrons.